The van der Waals surface area contributed by atoms with Gasteiger partial charge in [-0.05, 0) is 50.2 Å². The predicted molar refractivity (Wildman–Crippen MR) is 126 cm³/mol. The molecule has 1 saturated heterocycles. The van der Waals surface area contributed by atoms with E-state index in [1.165, 1.54) is 0 Å². The lowest BCUT2D eigenvalue weighted by Crippen LogP contribution is -2.55. The van der Waals surface area contributed by atoms with E-state index in [0.29, 0.717) is 13.0 Å². The number of aryl methyl sites for hydroxylation is 1. The van der Waals surface area contributed by atoms with Crippen LogP contribution in [0.2, 0.25) is 0 Å². The van der Waals surface area contributed by atoms with Crippen molar-refractivity contribution in [1.82, 2.24) is 14.9 Å². The fourth-order valence-electron chi connectivity index (χ4n) is 5.74. The van der Waals surface area contributed by atoms with Crippen LogP contribution < -0.4 is 4.90 Å². The third-order valence-corrected chi connectivity index (χ3v) is 7.29. The highest BCUT2D eigenvalue weighted by Crippen LogP contribution is 2.44. The first-order valence-corrected chi connectivity index (χ1v) is 11.8. The van der Waals surface area contributed by atoms with Crippen LogP contribution in [-0.4, -0.2) is 69.2 Å². The molecule has 0 aromatic carbocycles. The monoisotopic (exact) mass is 454 g/mol. The van der Waals surface area contributed by atoms with Gasteiger partial charge in [0.1, 0.15) is 0 Å². The summed E-state index contributed by atoms with van der Waals surface area (Å²) in [5.74, 6) is -0.929. The zero-order valence-corrected chi connectivity index (χ0v) is 19.6. The van der Waals surface area contributed by atoms with Crippen LogP contribution in [0, 0.1) is 12.3 Å². The smallest absolute Gasteiger partial charge is 0.303 e. The molecule has 178 valence electrons. The summed E-state index contributed by atoms with van der Waals surface area (Å²) in [5, 5.41) is 21.8. The van der Waals surface area contributed by atoms with Crippen LogP contribution in [0.1, 0.15) is 57.1 Å². The average molecular weight is 455 g/mol. The Morgan fingerprint density at radius 2 is 1.94 bits per heavy atom. The molecule has 2 aliphatic rings. The lowest BCUT2D eigenvalue weighted by molar-refractivity contribution is -0.142. The van der Waals surface area contributed by atoms with E-state index in [4.69, 9.17) is 0 Å². The predicted octanol–water partition coefficient (Wildman–Crippen LogP) is 3.15. The molecule has 3 heterocycles. The second-order valence-electron chi connectivity index (χ2n) is 10.1. The maximum absolute atomic E-state index is 13.1. The average Bonchev–Trinajstić information content (AvgIpc) is 3.19. The third-order valence-electron chi connectivity index (χ3n) is 7.29. The molecule has 1 saturated carbocycles. The Balaban J connectivity index is 1.47. The van der Waals surface area contributed by atoms with Gasteiger partial charge in [0.25, 0.3) is 0 Å². The maximum Gasteiger partial charge on any atom is 0.303 e. The standard InChI is InChI=1S/C25H34N4O4/c1-18-12-21(19-15-26-10-6-20(19)27-18)29-11-5-9-25(33,17-29)16-28(2)22(30)13-24(14-23(31)32)7-3-4-8-24/h6,10,12,15,33H,3-5,7-9,11,13-14,16-17H2,1-2H3,(H,31,32)/t25-/m0/s1. The number of pyridine rings is 2. The molecule has 1 aliphatic carbocycles. The molecule has 1 amide bonds. The van der Waals surface area contributed by atoms with Crippen molar-refractivity contribution in [3.05, 3.63) is 30.2 Å². The van der Waals surface area contributed by atoms with E-state index in [1.807, 2.05) is 25.3 Å². The van der Waals surface area contributed by atoms with Gasteiger partial charge in [-0.2, -0.15) is 0 Å². The zero-order valence-electron chi connectivity index (χ0n) is 19.6. The Bertz CT molecular complexity index is 1040. The number of aliphatic carboxylic acids is 1. The molecule has 8 heteroatoms. The Labute approximate surface area is 194 Å². The lowest BCUT2D eigenvalue weighted by atomic mass is 9.79. The Morgan fingerprint density at radius 3 is 2.67 bits per heavy atom. The number of anilines is 1. The largest absolute Gasteiger partial charge is 0.481 e. The van der Waals surface area contributed by atoms with Crippen molar-refractivity contribution in [1.29, 1.82) is 0 Å². The molecule has 0 spiro atoms. The van der Waals surface area contributed by atoms with Crippen molar-refractivity contribution in [3.63, 3.8) is 0 Å². The van der Waals surface area contributed by atoms with Gasteiger partial charge in [-0.15, -0.1) is 0 Å². The first-order chi connectivity index (χ1) is 15.7. The molecule has 2 N–H and O–H groups in total. The quantitative estimate of drug-likeness (QED) is 0.662. The SMILES string of the molecule is Cc1cc(N2CCC[C@](O)(CN(C)C(=O)CC3(CC(=O)O)CCCC3)C2)c2cnccc2n1. The van der Waals surface area contributed by atoms with E-state index in [1.54, 1.807) is 18.1 Å². The highest BCUT2D eigenvalue weighted by Gasteiger charge is 2.41. The van der Waals surface area contributed by atoms with E-state index in [-0.39, 0.29) is 25.3 Å². The molecular weight excluding hydrogens is 420 g/mol. The van der Waals surface area contributed by atoms with Crippen LogP contribution >= 0.6 is 0 Å². The number of hydrogen-bond acceptors (Lipinski definition) is 6. The second-order valence-corrected chi connectivity index (χ2v) is 10.1. The highest BCUT2D eigenvalue weighted by atomic mass is 16.4. The van der Waals surface area contributed by atoms with Gasteiger partial charge in [-0.25, -0.2) is 0 Å². The maximum atomic E-state index is 13.1. The van der Waals surface area contributed by atoms with Gasteiger partial charge in [-0.3, -0.25) is 19.6 Å². The van der Waals surface area contributed by atoms with Crippen LogP contribution in [0.3, 0.4) is 0 Å². The topological polar surface area (TPSA) is 107 Å². The molecule has 8 nitrogen and oxygen atoms in total. The summed E-state index contributed by atoms with van der Waals surface area (Å²) in [6.45, 7) is 3.42. The van der Waals surface area contributed by atoms with Gasteiger partial charge in [0.05, 0.1) is 24.1 Å². The first-order valence-electron chi connectivity index (χ1n) is 11.8. The summed E-state index contributed by atoms with van der Waals surface area (Å²) in [4.78, 5) is 37.1. The van der Waals surface area contributed by atoms with E-state index in [2.05, 4.69) is 14.9 Å². The van der Waals surface area contributed by atoms with Crippen molar-refractivity contribution in [2.45, 2.75) is 63.9 Å². The number of piperidine rings is 1. The number of amides is 1. The fraction of sp³-hybridized carbons (Fsp3) is 0.600. The third kappa shape index (κ3) is 5.27. The minimum Gasteiger partial charge on any atom is -0.481 e. The summed E-state index contributed by atoms with van der Waals surface area (Å²) in [7, 11) is 1.72. The summed E-state index contributed by atoms with van der Waals surface area (Å²) >= 11 is 0. The van der Waals surface area contributed by atoms with Crippen molar-refractivity contribution >= 4 is 28.5 Å². The molecule has 2 aromatic heterocycles. The van der Waals surface area contributed by atoms with Gasteiger partial charge in [0.15, 0.2) is 0 Å². The number of likely N-dealkylation sites (N-methyl/N-ethyl adjacent to an activating group) is 1. The summed E-state index contributed by atoms with van der Waals surface area (Å²) in [5.41, 5.74) is 1.30. The molecular formula is C25H34N4O4. The van der Waals surface area contributed by atoms with Crippen LogP contribution in [-0.2, 0) is 9.59 Å². The first kappa shape index (κ1) is 23.4. The number of carbonyl (C=O) groups excluding carboxylic acids is 1. The van der Waals surface area contributed by atoms with Crippen molar-refractivity contribution in [2.24, 2.45) is 5.41 Å². The zero-order chi connectivity index (χ0) is 23.6. The number of nitrogens with zero attached hydrogens (tertiary/aromatic N) is 4. The molecule has 4 rings (SSSR count). The number of rotatable bonds is 7. The van der Waals surface area contributed by atoms with Gasteiger partial charge >= 0.3 is 5.97 Å². The van der Waals surface area contributed by atoms with E-state index in [9.17, 15) is 19.8 Å². The normalized spacial score (nSPS) is 22.5. The number of hydrogen-bond donors (Lipinski definition) is 2. The highest BCUT2D eigenvalue weighted by molar-refractivity contribution is 5.91. The van der Waals surface area contributed by atoms with Crippen molar-refractivity contribution in [3.8, 4) is 0 Å². The van der Waals surface area contributed by atoms with Gasteiger partial charge in [-0.1, -0.05) is 12.8 Å². The number of carboxylic acids is 1. The molecule has 1 atom stereocenters. The minimum atomic E-state index is -1.04. The molecule has 2 fully saturated rings. The van der Waals surface area contributed by atoms with E-state index >= 15 is 0 Å². The van der Waals surface area contributed by atoms with E-state index in [0.717, 1.165) is 60.9 Å². The minimum absolute atomic E-state index is 0.0349. The Morgan fingerprint density at radius 1 is 1.18 bits per heavy atom. The van der Waals surface area contributed by atoms with Crippen LogP contribution in [0.15, 0.2) is 24.5 Å². The lowest BCUT2D eigenvalue weighted by Gasteiger charge is -2.43. The van der Waals surface area contributed by atoms with Gasteiger partial charge < -0.3 is 20.0 Å². The van der Waals surface area contributed by atoms with Gasteiger partial charge in [0, 0.05) is 55.7 Å². The molecule has 0 radical (unpaired) electrons. The Kier molecular flexibility index (Phi) is 6.56. The van der Waals surface area contributed by atoms with Crippen LogP contribution in [0.25, 0.3) is 10.9 Å². The number of fused-ring (bicyclic) bond motifs is 1. The van der Waals surface area contributed by atoms with Crippen molar-refractivity contribution < 1.29 is 19.8 Å². The molecule has 2 aromatic rings. The number of carbonyl (C=O) groups is 2. The van der Waals surface area contributed by atoms with Crippen LogP contribution in [0.5, 0.6) is 0 Å². The number of β-amino-alcohol motifs (C(OH)–C–C–N with tert-alkyl or cyclic N) is 1. The Hall–Kier alpha value is -2.74. The van der Waals surface area contributed by atoms with Crippen molar-refractivity contribution in [2.75, 3.05) is 31.6 Å². The molecule has 0 unspecified atom stereocenters. The van der Waals surface area contributed by atoms with Crippen LogP contribution in [0.4, 0.5) is 5.69 Å². The molecule has 0 bridgehead atoms. The van der Waals surface area contributed by atoms with E-state index < -0.39 is 17.0 Å². The fourth-order valence-corrected chi connectivity index (χ4v) is 5.74. The summed E-state index contributed by atoms with van der Waals surface area (Å²) < 4.78 is 0. The number of aliphatic hydroxyl groups is 1. The second kappa shape index (κ2) is 9.25. The number of carboxylic acid groups (broad SMARTS) is 1. The number of aromatic nitrogens is 2. The summed E-state index contributed by atoms with van der Waals surface area (Å²) in [6, 6.07) is 3.92. The van der Waals surface area contributed by atoms with Gasteiger partial charge in [0.2, 0.25) is 5.91 Å². The summed E-state index contributed by atoms with van der Waals surface area (Å²) in [6.07, 6.45) is 8.72. The molecule has 1 aliphatic heterocycles. The molecule has 33 heavy (non-hydrogen) atoms.